The van der Waals surface area contributed by atoms with Gasteiger partial charge in [-0.25, -0.2) is 18.1 Å². The first-order valence-corrected chi connectivity index (χ1v) is 13.2. The number of nitrogens with zero attached hydrogens (tertiary/aromatic N) is 2. The van der Waals surface area contributed by atoms with Crippen LogP contribution in [0.4, 0.5) is 14.6 Å². The minimum absolute atomic E-state index is 0.0726. The summed E-state index contributed by atoms with van der Waals surface area (Å²) >= 11 is 0. The van der Waals surface area contributed by atoms with Crippen LogP contribution in [0.1, 0.15) is 33.9 Å². The summed E-state index contributed by atoms with van der Waals surface area (Å²) in [6, 6.07) is 7.69. The Morgan fingerprint density at radius 3 is 2.53 bits per heavy atom. The van der Waals surface area contributed by atoms with Gasteiger partial charge < -0.3 is 24.8 Å². The van der Waals surface area contributed by atoms with Crippen LogP contribution in [-0.4, -0.2) is 58.0 Å². The number of esters is 1. The molecule has 2 aromatic rings. The van der Waals surface area contributed by atoms with Gasteiger partial charge in [-0.05, 0) is 45.9 Å². The maximum Gasteiger partial charge on any atom is 0.459 e. The van der Waals surface area contributed by atoms with E-state index in [-0.39, 0.29) is 11.6 Å². The lowest BCUT2D eigenvalue weighted by molar-refractivity contribution is -0.153. The minimum Gasteiger partial charge on any atom is -0.462 e. The number of rotatable bonds is 11. The first-order chi connectivity index (χ1) is 17.7. The maximum atomic E-state index is 15.8. The molecule has 38 heavy (non-hydrogen) atoms. The second-order valence-corrected chi connectivity index (χ2v) is 10.9. The highest BCUT2D eigenvalue weighted by molar-refractivity contribution is 7.52. The molecule has 0 aliphatic carbocycles. The highest BCUT2D eigenvalue weighted by Gasteiger charge is 2.68. The molecule has 1 aliphatic heterocycles. The van der Waals surface area contributed by atoms with Crippen molar-refractivity contribution in [2.45, 2.75) is 58.1 Å². The second-order valence-electron chi connectivity index (χ2n) is 9.25. The lowest BCUT2D eigenvalue weighted by Crippen LogP contribution is -2.49. The quantitative estimate of drug-likeness (QED) is 0.273. The summed E-state index contributed by atoms with van der Waals surface area (Å²) in [4.78, 5) is 28.0. The van der Waals surface area contributed by atoms with Crippen molar-refractivity contribution in [2.24, 2.45) is 5.41 Å². The van der Waals surface area contributed by atoms with E-state index in [1.165, 1.54) is 19.1 Å². The Kier molecular flexibility index (Phi) is 8.94. The van der Waals surface area contributed by atoms with Crippen molar-refractivity contribution in [1.82, 2.24) is 14.6 Å². The van der Waals surface area contributed by atoms with Crippen LogP contribution in [0.5, 0.6) is 5.75 Å². The lowest BCUT2D eigenvalue weighted by Gasteiger charge is -2.35. The zero-order valence-corrected chi connectivity index (χ0v) is 22.1. The number of benzene rings is 1. The predicted octanol–water partition coefficient (Wildman–Crippen LogP) is 2.49. The van der Waals surface area contributed by atoms with Crippen molar-refractivity contribution >= 4 is 19.5 Å². The Morgan fingerprint density at radius 1 is 1.29 bits per heavy atom. The molecule has 1 aromatic carbocycles. The summed E-state index contributed by atoms with van der Waals surface area (Å²) < 4.78 is 67.4. The van der Waals surface area contributed by atoms with Gasteiger partial charge in [-0.1, -0.05) is 18.2 Å². The summed E-state index contributed by atoms with van der Waals surface area (Å²) in [6.07, 6.45) is -3.20. The molecule has 5 atom stereocenters. The number of aromatic nitrogens is 2. The number of carbonyl (C=O) groups is 1. The van der Waals surface area contributed by atoms with Crippen LogP contribution in [0.25, 0.3) is 0 Å². The summed E-state index contributed by atoms with van der Waals surface area (Å²) in [5.74, 6) is -4.72. The third-order valence-electron chi connectivity index (χ3n) is 5.91. The number of hydrogen-bond acceptors (Lipinski definition) is 10. The first kappa shape index (κ1) is 29.7. The molecular weight excluding hydrogens is 529 g/mol. The molecule has 210 valence electrons. The Hall–Kier alpha value is -2.90. The van der Waals surface area contributed by atoms with Crippen LogP contribution in [-0.2, 0) is 23.4 Å². The second kappa shape index (κ2) is 11.5. The van der Waals surface area contributed by atoms with Crippen LogP contribution < -0.4 is 21.0 Å². The summed E-state index contributed by atoms with van der Waals surface area (Å²) in [5, 5.41) is 12.3. The molecule has 0 saturated carbocycles. The molecule has 0 radical (unpaired) electrons. The van der Waals surface area contributed by atoms with Gasteiger partial charge in [-0.15, -0.1) is 0 Å². The average Bonchev–Trinajstić information content (AvgIpc) is 3.03. The van der Waals surface area contributed by atoms with Crippen molar-refractivity contribution in [3.63, 3.8) is 0 Å². The van der Waals surface area contributed by atoms with Gasteiger partial charge in [0.1, 0.15) is 17.6 Å². The Labute approximate surface area is 217 Å². The number of nitrogen functional groups attached to an aromatic ring is 1. The van der Waals surface area contributed by atoms with Crippen molar-refractivity contribution in [3.05, 3.63) is 53.1 Å². The molecular formula is C23H31F2N4O8P. The fourth-order valence-electron chi connectivity index (χ4n) is 3.72. The van der Waals surface area contributed by atoms with Gasteiger partial charge in [-0.2, -0.15) is 10.1 Å². The molecule has 0 spiro atoms. The van der Waals surface area contributed by atoms with E-state index >= 15 is 8.78 Å². The lowest BCUT2D eigenvalue weighted by atomic mass is 9.80. The summed E-state index contributed by atoms with van der Waals surface area (Å²) in [6.45, 7) is 3.79. The van der Waals surface area contributed by atoms with Crippen molar-refractivity contribution < 1.29 is 41.8 Å². The van der Waals surface area contributed by atoms with E-state index in [4.69, 9.17) is 24.3 Å². The zero-order chi connectivity index (χ0) is 28.3. The minimum atomic E-state index is -4.51. The number of nitrogens with one attached hydrogen (secondary N) is 1. The van der Waals surface area contributed by atoms with Crippen molar-refractivity contribution in [2.75, 3.05) is 18.9 Å². The molecule has 0 bridgehead atoms. The number of aliphatic hydroxyl groups is 1. The first-order valence-electron chi connectivity index (χ1n) is 11.7. The van der Waals surface area contributed by atoms with Gasteiger partial charge in [0.25, 0.3) is 0 Å². The van der Waals surface area contributed by atoms with Crippen LogP contribution >= 0.6 is 7.75 Å². The topological polar surface area (TPSA) is 164 Å². The molecule has 1 unspecified atom stereocenters. The normalized spacial score (nSPS) is 25.1. The monoisotopic (exact) mass is 560 g/mol. The third-order valence-corrected chi connectivity index (χ3v) is 7.53. The molecule has 0 amide bonds. The molecule has 1 fully saturated rings. The van der Waals surface area contributed by atoms with E-state index in [0.717, 1.165) is 19.2 Å². The van der Waals surface area contributed by atoms with E-state index in [9.17, 15) is 19.3 Å². The standard InChI is InChI=1S/C23H31F2N4O8P/c1-14(2)35-19(31)15(3)28-38(33,37-16-8-6-5-7-9-16)34-13-22(4)17(12-30)36-20(23(22,24)25)29-11-10-18(26)27-21(29)32/h5-11,14-15,17,20,30H,12-13H2,1-4H3,(H,28,33)(H2,26,27,32)/t15-,17+,20-,22+,38?/m0/s1. The summed E-state index contributed by atoms with van der Waals surface area (Å²) in [7, 11) is -4.51. The fraction of sp³-hybridized carbons (Fsp3) is 0.522. The largest absolute Gasteiger partial charge is 0.462 e. The van der Waals surface area contributed by atoms with Gasteiger partial charge >= 0.3 is 25.3 Å². The van der Waals surface area contributed by atoms with Gasteiger partial charge in [0, 0.05) is 6.20 Å². The van der Waals surface area contributed by atoms with Gasteiger partial charge in [0.2, 0.25) is 6.23 Å². The number of nitrogens with two attached hydrogens (primary N) is 1. The number of ether oxygens (including phenoxy) is 2. The van der Waals surface area contributed by atoms with Gasteiger partial charge in [0.15, 0.2) is 0 Å². The van der Waals surface area contributed by atoms with Crippen LogP contribution in [0.15, 0.2) is 47.4 Å². The van der Waals surface area contributed by atoms with Crippen LogP contribution in [0.3, 0.4) is 0 Å². The SMILES string of the molecule is CC(C)OC(=O)[C@H](C)NP(=O)(OC[C@]1(C)[C@@H](CO)O[C@H](n2ccc(N)nc2=O)C1(F)F)Oc1ccccc1. The molecule has 1 aromatic heterocycles. The smallest absolute Gasteiger partial charge is 0.459 e. The molecule has 4 N–H and O–H groups in total. The number of hydrogen-bond donors (Lipinski definition) is 3. The third kappa shape index (κ3) is 6.21. The number of anilines is 1. The molecule has 15 heteroatoms. The van der Waals surface area contributed by atoms with Crippen molar-refractivity contribution in [1.29, 1.82) is 0 Å². The van der Waals surface area contributed by atoms with E-state index in [0.29, 0.717) is 4.57 Å². The van der Waals surface area contributed by atoms with Gasteiger partial charge in [0.05, 0.1) is 30.8 Å². The number of aliphatic hydroxyl groups excluding tert-OH is 1. The van der Waals surface area contributed by atoms with E-state index < -0.39 is 68.4 Å². The predicted molar refractivity (Wildman–Crippen MR) is 131 cm³/mol. The molecule has 3 rings (SSSR count). The summed E-state index contributed by atoms with van der Waals surface area (Å²) in [5.41, 5.74) is 2.05. The number of alkyl halides is 2. The zero-order valence-electron chi connectivity index (χ0n) is 21.2. The Balaban J connectivity index is 1.91. The molecule has 12 nitrogen and oxygen atoms in total. The van der Waals surface area contributed by atoms with E-state index in [1.54, 1.807) is 32.0 Å². The highest BCUT2D eigenvalue weighted by Crippen LogP contribution is 2.57. The number of para-hydroxylation sites is 1. The Morgan fingerprint density at radius 2 is 1.95 bits per heavy atom. The number of carbonyl (C=O) groups excluding carboxylic acids is 1. The van der Waals surface area contributed by atoms with E-state index in [1.807, 2.05) is 0 Å². The van der Waals surface area contributed by atoms with Crippen LogP contribution in [0, 0.1) is 5.41 Å². The van der Waals surface area contributed by atoms with Gasteiger partial charge in [-0.3, -0.25) is 13.9 Å². The van der Waals surface area contributed by atoms with E-state index in [2.05, 4.69) is 10.1 Å². The maximum absolute atomic E-state index is 15.8. The molecule has 2 heterocycles. The average molecular weight is 560 g/mol. The molecule has 1 saturated heterocycles. The highest BCUT2D eigenvalue weighted by atomic mass is 31.2. The fourth-order valence-corrected chi connectivity index (χ4v) is 5.32. The molecule has 1 aliphatic rings. The van der Waals surface area contributed by atoms with Crippen molar-refractivity contribution in [3.8, 4) is 5.75 Å². The Bertz CT molecular complexity index is 1230. The van der Waals surface area contributed by atoms with Crippen LogP contribution in [0.2, 0.25) is 0 Å². The number of halogens is 2.